The van der Waals surface area contributed by atoms with Crippen LogP contribution in [0.3, 0.4) is 0 Å². The lowest BCUT2D eigenvalue weighted by Crippen LogP contribution is -2.21. The van der Waals surface area contributed by atoms with E-state index in [2.05, 4.69) is 15.9 Å². The Bertz CT molecular complexity index is 351. The fourth-order valence-corrected chi connectivity index (χ4v) is 2.27. The van der Waals surface area contributed by atoms with Crippen LogP contribution in [0.2, 0.25) is 0 Å². The van der Waals surface area contributed by atoms with Gasteiger partial charge >= 0.3 is 0 Å². The van der Waals surface area contributed by atoms with E-state index in [9.17, 15) is 0 Å². The zero-order valence-electron chi connectivity index (χ0n) is 7.67. The molecule has 1 aromatic rings. The quantitative estimate of drug-likeness (QED) is 0.758. The van der Waals surface area contributed by atoms with E-state index in [0.717, 1.165) is 21.3 Å². The maximum Gasteiger partial charge on any atom is 0.127 e. The summed E-state index contributed by atoms with van der Waals surface area (Å²) in [5.74, 6) is 0.961. The minimum Gasteiger partial charge on any atom is -0.488 e. The molecule has 0 aromatic heterocycles. The Morgan fingerprint density at radius 1 is 1.46 bits per heavy atom. The molecule has 0 radical (unpaired) electrons. The van der Waals surface area contributed by atoms with Crippen LogP contribution in [-0.2, 0) is 0 Å². The van der Waals surface area contributed by atoms with Crippen LogP contribution in [0.25, 0.3) is 0 Å². The Morgan fingerprint density at radius 3 is 2.85 bits per heavy atom. The smallest absolute Gasteiger partial charge is 0.127 e. The fraction of sp³-hybridized carbons (Fsp3) is 0.400. The predicted octanol–water partition coefficient (Wildman–Crippen LogP) is 2.54. The van der Waals surface area contributed by atoms with Gasteiger partial charge in [0.1, 0.15) is 11.9 Å². The molecular weight excluding hydrogens is 230 g/mol. The van der Waals surface area contributed by atoms with Crippen molar-refractivity contribution in [3.8, 4) is 5.75 Å². The number of rotatable bonds is 0. The van der Waals surface area contributed by atoms with Gasteiger partial charge in [-0.05, 0) is 31.5 Å². The van der Waals surface area contributed by atoms with Crippen molar-refractivity contribution >= 4 is 15.9 Å². The third-order valence-corrected chi connectivity index (χ3v) is 2.89. The van der Waals surface area contributed by atoms with Gasteiger partial charge < -0.3 is 10.5 Å². The molecule has 13 heavy (non-hydrogen) atoms. The highest BCUT2D eigenvalue weighted by atomic mass is 79.9. The van der Waals surface area contributed by atoms with Gasteiger partial charge in [0.25, 0.3) is 0 Å². The van der Waals surface area contributed by atoms with Crippen LogP contribution in [-0.4, -0.2) is 6.10 Å². The fourth-order valence-electron chi connectivity index (χ4n) is 1.68. The molecule has 2 rings (SSSR count). The number of ether oxygens (including phenoxy) is 1. The first-order chi connectivity index (χ1) is 6.09. The summed E-state index contributed by atoms with van der Waals surface area (Å²) in [6, 6.07) is 4.09. The van der Waals surface area contributed by atoms with Crippen LogP contribution in [0, 0.1) is 6.92 Å². The molecule has 1 aliphatic heterocycles. The zero-order valence-corrected chi connectivity index (χ0v) is 9.26. The van der Waals surface area contributed by atoms with Crippen LogP contribution in [0.5, 0.6) is 5.75 Å². The van der Waals surface area contributed by atoms with Crippen LogP contribution in [0.1, 0.15) is 24.1 Å². The monoisotopic (exact) mass is 241 g/mol. The molecule has 0 amide bonds. The van der Waals surface area contributed by atoms with Gasteiger partial charge in [-0.25, -0.2) is 0 Å². The lowest BCUT2D eigenvalue weighted by atomic mass is 10.0. The zero-order chi connectivity index (χ0) is 9.59. The van der Waals surface area contributed by atoms with E-state index < -0.39 is 0 Å². The Morgan fingerprint density at radius 2 is 2.15 bits per heavy atom. The predicted molar refractivity (Wildman–Crippen MR) is 55.9 cm³/mol. The van der Waals surface area contributed by atoms with Crippen LogP contribution in [0.15, 0.2) is 16.6 Å². The first-order valence-electron chi connectivity index (χ1n) is 4.32. The van der Waals surface area contributed by atoms with Gasteiger partial charge in [0.15, 0.2) is 0 Å². The SMILES string of the molecule is Cc1cc(Br)cc2c1OC(C)C2N. The average molecular weight is 242 g/mol. The lowest BCUT2D eigenvalue weighted by Gasteiger charge is -2.07. The molecule has 0 fully saturated rings. The third kappa shape index (κ3) is 1.36. The molecule has 0 saturated carbocycles. The molecule has 0 saturated heterocycles. The van der Waals surface area contributed by atoms with Crippen molar-refractivity contribution in [3.05, 3.63) is 27.7 Å². The van der Waals surface area contributed by atoms with E-state index in [4.69, 9.17) is 10.5 Å². The highest BCUT2D eigenvalue weighted by Crippen LogP contribution is 2.39. The van der Waals surface area contributed by atoms with Gasteiger partial charge in [0, 0.05) is 10.0 Å². The summed E-state index contributed by atoms with van der Waals surface area (Å²) in [5, 5.41) is 0. The molecule has 1 heterocycles. The molecule has 0 bridgehead atoms. The Kier molecular flexibility index (Phi) is 2.08. The summed E-state index contributed by atoms with van der Waals surface area (Å²) in [4.78, 5) is 0. The Balaban J connectivity index is 2.57. The van der Waals surface area contributed by atoms with E-state index in [1.165, 1.54) is 0 Å². The summed E-state index contributed by atoms with van der Waals surface area (Å²) >= 11 is 3.45. The number of nitrogens with two attached hydrogens (primary N) is 1. The number of hydrogen-bond acceptors (Lipinski definition) is 2. The van der Waals surface area contributed by atoms with Crippen molar-refractivity contribution in [1.29, 1.82) is 0 Å². The number of benzene rings is 1. The first-order valence-corrected chi connectivity index (χ1v) is 5.11. The van der Waals surface area contributed by atoms with E-state index in [1.54, 1.807) is 0 Å². The van der Waals surface area contributed by atoms with Gasteiger partial charge in [0.2, 0.25) is 0 Å². The van der Waals surface area contributed by atoms with Gasteiger partial charge in [-0.15, -0.1) is 0 Å². The van der Waals surface area contributed by atoms with Crippen LogP contribution < -0.4 is 10.5 Å². The second-order valence-corrected chi connectivity index (χ2v) is 4.41. The van der Waals surface area contributed by atoms with Gasteiger partial charge in [-0.2, -0.15) is 0 Å². The molecule has 0 spiro atoms. The average Bonchev–Trinajstić information content (AvgIpc) is 2.32. The van der Waals surface area contributed by atoms with Gasteiger partial charge in [-0.3, -0.25) is 0 Å². The minimum absolute atomic E-state index is 0.00574. The minimum atomic E-state index is 0.00574. The Labute approximate surface area is 86.2 Å². The molecule has 3 heteroatoms. The molecule has 1 aromatic carbocycles. The first kappa shape index (κ1) is 9.03. The third-order valence-electron chi connectivity index (χ3n) is 2.44. The van der Waals surface area contributed by atoms with Crippen LogP contribution >= 0.6 is 15.9 Å². The molecule has 2 nitrogen and oxygen atoms in total. The van der Waals surface area contributed by atoms with Crippen LogP contribution in [0.4, 0.5) is 0 Å². The molecule has 0 aliphatic carbocycles. The van der Waals surface area contributed by atoms with Gasteiger partial charge in [-0.1, -0.05) is 15.9 Å². The summed E-state index contributed by atoms with van der Waals surface area (Å²) in [7, 11) is 0. The van der Waals surface area contributed by atoms with Crippen molar-refractivity contribution in [2.24, 2.45) is 5.73 Å². The highest BCUT2D eigenvalue weighted by molar-refractivity contribution is 9.10. The molecule has 2 unspecified atom stereocenters. The summed E-state index contributed by atoms with van der Waals surface area (Å²) in [6.45, 7) is 4.03. The van der Waals surface area contributed by atoms with E-state index >= 15 is 0 Å². The topological polar surface area (TPSA) is 35.2 Å². The largest absolute Gasteiger partial charge is 0.488 e. The molecule has 2 atom stereocenters. The van der Waals surface area contributed by atoms with Gasteiger partial charge in [0.05, 0.1) is 6.04 Å². The van der Waals surface area contributed by atoms with Crippen molar-refractivity contribution in [1.82, 2.24) is 0 Å². The summed E-state index contributed by atoms with van der Waals surface area (Å²) < 4.78 is 6.73. The van der Waals surface area contributed by atoms with E-state index in [0.29, 0.717) is 0 Å². The highest BCUT2D eigenvalue weighted by Gasteiger charge is 2.29. The molecular formula is C10H12BrNO. The Hall–Kier alpha value is -0.540. The second-order valence-electron chi connectivity index (χ2n) is 3.49. The van der Waals surface area contributed by atoms with E-state index in [-0.39, 0.29) is 12.1 Å². The number of hydrogen-bond donors (Lipinski definition) is 1. The number of aryl methyl sites for hydroxylation is 1. The normalized spacial score (nSPS) is 25.5. The number of halogens is 1. The number of fused-ring (bicyclic) bond motifs is 1. The molecule has 70 valence electrons. The van der Waals surface area contributed by atoms with Crippen molar-refractivity contribution in [3.63, 3.8) is 0 Å². The summed E-state index contributed by atoms with van der Waals surface area (Å²) in [5.41, 5.74) is 8.24. The molecule has 2 N–H and O–H groups in total. The lowest BCUT2D eigenvalue weighted by molar-refractivity contribution is 0.227. The van der Waals surface area contributed by atoms with Crippen molar-refractivity contribution < 1.29 is 4.74 Å². The standard InChI is InChI=1S/C10H12BrNO/c1-5-3-7(11)4-8-9(12)6(2)13-10(5)8/h3-4,6,9H,12H2,1-2H3. The molecule has 1 aliphatic rings. The maximum atomic E-state index is 5.98. The van der Waals surface area contributed by atoms with E-state index in [1.807, 2.05) is 26.0 Å². The maximum absolute atomic E-state index is 5.98. The van der Waals surface area contributed by atoms with Crippen molar-refractivity contribution in [2.75, 3.05) is 0 Å². The van der Waals surface area contributed by atoms with Crippen molar-refractivity contribution in [2.45, 2.75) is 26.0 Å². The summed E-state index contributed by atoms with van der Waals surface area (Å²) in [6.07, 6.45) is 0.0861. The second kappa shape index (κ2) is 3.00.